The number of ether oxygens (including phenoxy) is 2. The zero-order valence-corrected chi connectivity index (χ0v) is 16.2. The average Bonchev–Trinajstić information content (AvgIpc) is 3.04. The minimum absolute atomic E-state index is 0.0388. The number of carboxylic acid groups (broad SMARTS) is 1. The lowest BCUT2D eigenvalue weighted by Crippen LogP contribution is -2.51. The van der Waals surface area contributed by atoms with Gasteiger partial charge in [0.15, 0.2) is 6.29 Å². The molecule has 2 aliphatic carbocycles. The van der Waals surface area contributed by atoms with Crippen LogP contribution in [0.2, 0.25) is 0 Å². The van der Waals surface area contributed by atoms with Crippen LogP contribution in [-0.2, 0) is 14.3 Å². The topological polar surface area (TPSA) is 55.8 Å². The molecule has 3 rings (SSSR count). The highest BCUT2D eigenvalue weighted by atomic mass is 16.7. The van der Waals surface area contributed by atoms with E-state index in [0.29, 0.717) is 23.3 Å². The highest BCUT2D eigenvalue weighted by Crippen LogP contribution is 2.62. The van der Waals surface area contributed by atoms with Crippen molar-refractivity contribution < 1.29 is 19.4 Å². The predicted molar refractivity (Wildman–Crippen MR) is 97.1 cm³/mol. The van der Waals surface area contributed by atoms with Gasteiger partial charge in [0.1, 0.15) is 0 Å². The third-order valence-electron chi connectivity index (χ3n) is 7.83. The summed E-state index contributed by atoms with van der Waals surface area (Å²) in [6, 6.07) is 0. The van der Waals surface area contributed by atoms with Gasteiger partial charge in [-0.3, -0.25) is 0 Å². The molecule has 0 amide bonds. The van der Waals surface area contributed by atoms with E-state index in [1.165, 1.54) is 0 Å². The second kappa shape index (κ2) is 7.03. The van der Waals surface area contributed by atoms with Gasteiger partial charge in [-0.25, -0.2) is 4.79 Å². The van der Waals surface area contributed by atoms with Crippen molar-refractivity contribution in [3.8, 4) is 0 Å². The zero-order chi connectivity index (χ0) is 18.2. The number of carboxylic acids is 1. The summed E-state index contributed by atoms with van der Waals surface area (Å²) >= 11 is 0. The molecule has 1 saturated carbocycles. The van der Waals surface area contributed by atoms with Crippen molar-refractivity contribution in [3.05, 3.63) is 11.6 Å². The Hall–Kier alpha value is -0.870. The molecule has 1 N–H and O–H groups in total. The second-order valence-corrected chi connectivity index (χ2v) is 9.05. The first-order chi connectivity index (χ1) is 11.8. The number of methoxy groups -OCH3 is 1. The van der Waals surface area contributed by atoms with Gasteiger partial charge in [-0.2, -0.15) is 0 Å². The first-order valence-corrected chi connectivity index (χ1v) is 9.89. The first-order valence-electron chi connectivity index (χ1n) is 9.89. The van der Waals surface area contributed by atoms with Gasteiger partial charge in [-0.05, 0) is 61.7 Å². The van der Waals surface area contributed by atoms with Crippen LogP contribution in [0.15, 0.2) is 11.6 Å². The third kappa shape index (κ3) is 3.28. The van der Waals surface area contributed by atoms with Gasteiger partial charge >= 0.3 is 5.97 Å². The molecule has 1 heterocycles. The Labute approximate surface area is 152 Å². The van der Waals surface area contributed by atoms with Gasteiger partial charge in [-0.15, -0.1) is 0 Å². The molecule has 142 valence electrons. The number of fused-ring (bicyclic) bond motifs is 1. The Morgan fingerprint density at radius 3 is 2.80 bits per heavy atom. The van der Waals surface area contributed by atoms with Crippen molar-refractivity contribution >= 4 is 5.97 Å². The molecule has 0 aromatic heterocycles. The van der Waals surface area contributed by atoms with Gasteiger partial charge in [0.05, 0.1) is 6.61 Å². The number of rotatable bonds is 5. The normalized spacial score (nSPS) is 44.2. The molecular weight excluding hydrogens is 316 g/mol. The van der Waals surface area contributed by atoms with Crippen molar-refractivity contribution in [3.63, 3.8) is 0 Å². The van der Waals surface area contributed by atoms with Gasteiger partial charge in [0.2, 0.25) is 0 Å². The van der Waals surface area contributed by atoms with Crippen LogP contribution in [0.5, 0.6) is 0 Å². The van der Waals surface area contributed by atoms with Crippen LogP contribution in [-0.4, -0.2) is 31.1 Å². The maximum atomic E-state index is 11.8. The molecule has 25 heavy (non-hydrogen) atoms. The molecular formula is C21H34O4. The lowest BCUT2D eigenvalue weighted by Gasteiger charge is -2.57. The Morgan fingerprint density at radius 2 is 2.16 bits per heavy atom. The monoisotopic (exact) mass is 350 g/mol. The number of allylic oxidation sites excluding steroid dienone is 1. The van der Waals surface area contributed by atoms with E-state index in [2.05, 4.69) is 20.8 Å². The van der Waals surface area contributed by atoms with Gasteiger partial charge in [-0.1, -0.05) is 26.8 Å². The van der Waals surface area contributed by atoms with Crippen LogP contribution in [0, 0.1) is 28.6 Å². The van der Waals surface area contributed by atoms with E-state index < -0.39 is 5.97 Å². The maximum Gasteiger partial charge on any atom is 0.331 e. The molecule has 0 radical (unpaired) electrons. The minimum Gasteiger partial charge on any atom is -0.478 e. The van der Waals surface area contributed by atoms with E-state index in [0.717, 1.165) is 51.6 Å². The van der Waals surface area contributed by atoms with Crippen molar-refractivity contribution in [2.75, 3.05) is 13.7 Å². The molecule has 6 atom stereocenters. The van der Waals surface area contributed by atoms with E-state index in [1.807, 2.05) is 6.08 Å². The molecule has 2 fully saturated rings. The van der Waals surface area contributed by atoms with Gasteiger partial charge in [0.25, 0.3) is 0 Å². The molecule has 4 heteroatoms. The minimum atomic E-state index is -0.712. The molecule has 0 spiro atoms. The summed E-state index contributed by atoms with van der Waals surface area (Å²) in [4.78, 5) is 11.8. The fraction of sp³-hybridized carbons (Fsp3) is 0.857. The molecule has 4 nitrogen and oxygen atoms in total. The molecule has 1 saturated heterocycles. The molecule has 3 aliphatic rings. The third-order valence-corrected chi connectivity index (χ3v) is 7.83. The summed E-state index contributed by atoms with van der Waals surface area (Å²) in [6.45, 7) is 7.81. The number of hydrogen-bond acceptors (Lipinski definition) is 3. The Balaban J connectivity index is 1.77. The fourth-order valence-corrected chi connectivity index (χ4v) is 5.97. The largest absolute Gasteiger partial charge is 0.478 e. The van der Waals surface area contributed by atoms with Crippen LogP contribution in [0.1, 0.15) is 65.7 Å². The molecule has 0 aromatic rings. The van der Waals surface area contributed by atoms with E-state index >= 15 is 0 Å². The van der Waals surface area contributed by atoms with Crippen molar-refractivity contribution in [1.82, 2.24) is 0 Å². The maximum absolute atomic E-state index is 11.8. The van der Waals surface area contributed by atoms with E-state index in [1.54, 1.807) is 7.11 Å². The fourth-order valence-electron chi connectivity index (χ4n) is 5.97. The quantitative estimate of drug-likeness (QED) is 0.785. The number of aliphatic carboxylic acids is 1. The van der Waals surface area contributed by atoms with E-state index in [-0.39, 0.29) is 17.1 Å². The van der Waals surface area contributed by atoms with Crippen LogP contribution in [0.4, 0.5) is 0 Å². The number of hydrogen-bond donors (Lipinski definition) is 1. The van der Waals surface area contributed by atoms with E-state index in [9.17, 15) is 9.90 Å². The van der Waals surface area contributed by atoms with Crippen LogP contribution in [0.25, 0.3) is 0 Å². The van der Waals surface area contributed by atoms with Crippen molar-refractivity contribution in [2.45, 2.75) is 72.0 Å². The summed E-state index contributed by atoms with van der Waals surface area (Å²) in [5.41, 5.74) is 0.699. The molecule has 1 aliphatic heterocycles. The first kappa shape index (κ1) is 18.9. The predicted octanol–water partition coefficient (Wildman–Crippen LogP) is 4.64. The smallest absolute Gasteiger partial charge is 0.331 e. The highest BCUT2D eigenvalue weighted by molar-refractivity contribution is 5.88. The Kier molecular flexibility index (Phi) is 5.32. The average molecular weight is 350 g/mol. The van der Waals surface area contributed by atoms with E-state index in [4.69, 9.17) is 9.47 Å². The van der Waals surface area contributed by atoms with Gasteiger partial charge in [0, 0.05) is 24.5 Å². The summed E-state index contributed by atoms with van der Waals surface area (Å²) < 4.78 is 11.0. The zero-order valence-electron chi connectivity index (χ0n) is 16.2. The summed E-state index contributed by atoms with van der Waals surface area (Å²) in [7, 11) is 1.71. The summed E-state index contributed by atoms with van der Waals surface area (Å²) in [5.74, 6) is 0.955. The molecule has 0 bridgehead atoms. The Morgan fingerprint density at radius 1 is 1.40 bits per heavy atom. The molecule has 0 aromatic carbocycles. The van der Waals surface area contributed by atoms with Crippen LogP contribution in [0.3, 0.4) is 0 Å². The summed E-state index contributed by atoms with van der Waals surface area (Å²) in [6.07, 6.45) is 9.40. The summed E-state index contributed by atoms with van der Waals surface area (Å²) in [5, 5.41) is 9.74. The van der Waals surface area contributed by atoms with Gasteiger partial charge < -0.3 is 14.6 Å². The lowest BCUT2D eigenvalue weighted by molar-refractivity contribution is -0.137. The van der Waals surface area contributed by atoms with Crippen molar-refractivity contribution in [2.24, 2.45) is 28.6 Å². The van der Waals surface area contributed by atoms with Crippen LogP contribution >= 0.6 is 0 Å². The SMILES string of the molecule is CO[C@@H]1C[C@H](CC[C@@]2(C)[C@H](C)CC[C@@]3(C)C(C(=O)O)=CCC[C@H]23)CO1. The van der Waals surface area contributed by atoms with Crippen LogP contribution < -0.4 is 0 Å². The second-order valence-electron chi connectivity index (χ2n) is 9.05. The Bertz CT molecular complexity index is 542. The standard InChI is InChI=1S/C21H34O4/c1-14-8-10-21(3)16(19(22)23)6-5-7-17(21)20(14,2)11-9-15-12-18(24-4)25-13-15/h6,14-15,17-18H,5,7-13H2,1-4H3,(H,22,23)/t14-,15+,17-,18+,20+,21+/m1/s1. The van der Waals surface area contributed by atoms with Crippen molar-refractivity contribution in [1.29, 1.82) is 0 Å². The number of carbonyl (C=O) groups is 1. The highest BCUT2D eigenvalue weighted by Gasteiger charge is 2.55. The molecule has 0 unspecified atom stereocenters. The lowest BCUT2D eigenvalue weighted by atomic mass is 9.46.